The highest BCUT2D eigenvalue weighted by Gasteiger charge is 2.32. The van der Waals surface area contributed by atoms with Gasteiger partial charge in [-0.3, -0.25) is 0 Å². The first-order valence-electron chi connectivity index (χ1n) is 2.93. The summed E-state index contributed by atoms with van der Waals surface area (Å²) < 4.78 is 12.3. The summed E-state index contributed by atoms with van der Waals surface area (Å²) in [5.74, 6) is 2.08. The van der Waals surface area contributed by atoms with E-state index in [4.69, 9.17) is 9.47 Å². The van der Waals surface area contributed by atoms with Crippen LogP contribution in [-0.4, -0.2) is 4.57 Å². The van der Waals surface area contributed by atoms with Gasteiger partial charge in [-0.1, -0.05) is 0 Å². The molecule has 1 aromatic heterocycles. The quantitative estimate of drug-likeness (QED) is 0.490. The molecule has 3 heterocycles. The van der Waals surface area contributed by atoms with Gasteiger partial charge >= 0.3 is 0 Å². The van der Waals surface area contributed by atoms with Gasteiger partial charge in [-0.2, -0.15) is 0 Å². The molecule has 0 aliphatic carbocycles. The predicted octanol–water partition coefficient (Wildman–Crippen LogP) is 1.08. The fourth-order valence-corrected chi connectivity index (χ4v) is 1.22. The van der Waals surface area contributed by atoms with Crippen molar-refractivity contribution in [2.75, 3.05) is 0 Å². The van der Waals surface area contributed by atoms with Crippen LogP contribution in [0.3, 0.4) is 0 Å². The molecular formula is C6H5NO2. The molecule has 0 saturated heterocycles. The fraction of sp³-hybridized carbons (Fsp3) is 0.333. The Kier molecular flexibility index (Phi) is 0.438. The third-order valence-corrected chi connectivity index (χ3v) is 1.75. The van der Waals surface area contributed by atoms with Crippen LogP contribution in [0.1, 0.15) is 5.69 Å². The summed E-state index contributed by atoms with van der Waals surface area (Å²) >= 11 is 0. The van der Waals surface area contributed by atoms with E-state index >= 15 is 0 Å². The first-order chi connectivity index (χ1) is 4.45. The lowest BCUT2D eigenvalue weighted by molar-refractivity contribution is 0.109. The van der Waals surface area contributed by atoms with E-state index in [0.29, 0.717) is 6.73 Å². The average Bonchev–Trinajstić information content (AvgIpc) is 2.38. The van der Waals surface area contributed by atoms with E-state index in [2.05, 4.69) is 4.57 Å². The van der Waals surface area contributed by atoms with E-state index in [-0.39, 0.29) is 0 Å². The Balaban J connectivity index is 2.33. The molecule has 0 radical (unpaired) electrons. The van der Waals surface area contributed by atoms with Crippen LogP contribution in [-0.2, 0) is 18.1 Å². The maximum atomic E-state index is 5.15. The van der Waals surface area contributed by atoms with Crippen molar-refractivity contribution in [3.05, 3.63) is 11.9 Å². The zero-order valence-corrected chi connectivity index (χ0v) is 4.76. The molecule has 0 fully saturated rings. The van der Waals surface area contributed by atoms with E-state index in [1.807, 2.05) is 6.20 Å². The molecule has 0 unspecified atom stereocenters. The van der Waals surface area contributed by atoms with E-state index in [1.165, 1.54) is 5.69 Å². The molecule has 3 nitrogen and oxygen atoms in total. The summed E-state index contributed by atoms with van der Waals surface area (Å²) in [6.45, 7) is 1.42. The van der Waals surface area contributed by atoms with Crippen LogP contribution < -0.4 is 4.74 Å². The van der Waals surface area contributed by atoms with Crippen LogP contribution in [0.15, 0.2) is 6.20 Å². The Hall–Kier alpha value is -0.960. The van der Waals surface area contributed by atoms with Crippen molar-refractivity contribution >= 4 is 0 Å². The number of hydrogen-bond donors (Lipinski definition) is 0. The van der Waals surface area contributed by atoms with E-state index < -0.39 is 0 Å². The predicted molar refractivity (Wildman–Crippen MR) is 29.3 cm³/mol. The Morgan fingerprint density at radius 2 is 2.56 bits per heavy atom. The maximum absolute atomic E-state index is 5.15. The summed E-state index contributed by atoms with van der Waals surface area (Å²) in [6, 6.07) is 0. The molecule has 0 spiro atoms. The second kappa shape index (κ2) is 0.998. The number of nitrogens with zero attached hydrogens (tertiary/aromatic N) is 1. The van der Waals surface area contributed by atoms with Gasteiger partial charge in [0.1, 0.15) is 6.73 Å². The molecule has 9 heavy (non-hydrogen) atoms. The van der Waals surface area contributed by atoms with Crippen molar-refractivity contribution in [1.82, 2.24) is 4.57 Å². The highest BCUT2D eigenvalue weighted by molar-refractivity contribution is 5.58. The van der Waals surface area contributed by atoms with Crippen molar-refractivity contribution in [3.8, 4) is 11.5 Å². The molecule has 1 aromatic rings. The second-order valence-electron chi connectivity index (χ2n) is 2.32. The Labute approximate surface area is 51.8 Å². The highest BCUT2D eigenvalue weighted by atomic mass is 16.6. The third kappa shape index (κ3) is 0.337. The van der Waals surface area contributed by atoms with Crippen molar-refractivity contribution in [3.63, 3.8) is 0 Å². The topological polar surface area (TPSA) is 26.7 Å². The fourth-order valence-electron chi connectivity index (χ4n) is 1.22. The largest absolute Gasteiger partial charge is 0.446 e. The molecule has 0 atom stereocenters. The summed E-state index contributed by atoms with van der Waals surface area (Å²) in [5, 5.41) is 0. The highest BCUT2D eigenvalue weighted by Crippen LogP contribution is 2.51. The molecule has 0 N–H and O–H groups in total. The molecule has 0 amide bonds. The standard InChI is InChI=1S/C6H5NO2/c1-5-6(9-5)4-2-8-3-7(1)4/h1H,2-3H2. The van der Waals surface area contributed by atoms with Crippen LogP contribution in [0.2, 0.25) is 0 Å². The second-order valence-corrected chi connectivity index (χ2v) is 2.32. The molecular weight excluding hydrogens is 118 g/mol. The van der Waals surface area contributed by atoms with Crippen molar-refractivity contribution < 1.29 is 9.47 Å². The molecule has 2 aliphatic rings. The Morgan fingerprint density at radius 3 is 3.44 bits per heavy atom. The lowest BCUT2D eigenvalue weighted by atomic mass is 10.5. The van der Waals surface area contributed by atoms with Gasteiger partial charge in [0.25, 0.3) is 0 Å². The summed E-state index contributed by atoms with van der Waals surface area (Å²) in [4.78, 5) is 0. The third-order valence-electron chi connectivity index (χ3n) is 1.75. The monoisotopic (exact) mass is 123 g/mol. The van der Waals surface area contributed by atoms with Crippen LogP contribution in [0.5, 0.6) is 11.5 Å². The van der Waals surface area contributed by atoms with Gasteiger partial charge in [0.2, 0.25) is 0 Å². The minimum Gasteiger partial charge on any atom is -0.446 e. The van der Waals surface area contributed by atoms with E-state index in [0.717, 1.165) is 18.1 Å². The van der Waals surface area contributed by atoms with Crippen molar-refractivity contribution in [1.29, 1.82) is 0 Å². The smallest absolute Gasteiger partial charge is 0.193 e. The molecule has 46 valence electrons. The minimum absolute atomic E-state index is 0.700. The van der Waals surface area contributed by atoms with Gasteiger partial charge in [0, 0.05) is 0 Å². The lowest BCUT2D eigenvalue weighted by Gasteiger charge is -1.91. The van der Waals surface area contributed by atoms with Crippen LogP contribution >= 0.6 is 0 Å². The maximum Gasteiger partial charge on any atom is 0.193 e. The number of hydrogen-bond acceptors (Lipinski definition) is 2. The van der Waals surface area contributed by atoms with Crippen molar-refractivity contribution in [2.24, 2.45) is 0 Å². The van der Waals surface area contributed by atoms with Gasteiger partial charge in [0.15, 0.2) is 11.5 Å². The number of rotatable bonds is 0. The van der Waals surface area contributed by atoms with Gasteiger partial charge in [-0.15, -0.1) is 0 Å². The van der Waals surface area contributed by atoms with Gasteiger partial charge in [-0.25, -0.2) is 0 Å². The average molecular weight is 123 g/mol. The summed E-state index contributed by atoms with van der Waals surface area (Å²) in [5.41, 5.74) is 1.20. The number of aromatic nitrogens is 1. The molecule has 3 heteroatoms. The van der Waals surface area contributed by atoms with E-state index in [9.17, 15) is 0 Å². The van der Waals surface area contributed by atoms with Crippen LogP contribution in [0.4, 0.5) is 0 Å². The first-order valence-corrected chi connectivity index (χ1v) is 2.93. The Bertz CT molecular complexity index is 277. The lowest BCUT2D eigenvalue weighted by Crippen LogP contribution is -1.89. The molecule has 2 aliphatic heterocycles. The zero-order chi connectivity index (χ0) is 5.84. The van der Waals surface area contributed by atoms with E-state index in [1.54, 1.807) is 0 Å². The Morgan fingerprint density at radius 1 is 1.56 bits per heavy atom. The summed E-state index contributed by atoms with van der Waals surface area (Å²) in [7, 11) is 0. The molecule has 0 bridgehead atoms. The number of ether oxygens (including phenoxy) is 2. The van der Waals surface area contributed by atoms with Gasteiger partial charge in [0.05, 0.1) is 18.5 Å². The van der Waals surface area contributed by atoms with Crippen molar-refractivity contribution in [2.45, 2.75) is 13.3 Å². The normalized spacial score (nSPS) is 18.7. The van der Waals surface area contributed by atoms with Crippen LogP contribution in [0, 0.1) is 0 Å². The van der Waals surface area contributed by atoms with Gasteiger partial charge in [-0.05, 0) is 0 Å². The SMILES string of the molecule is c1c2c(c3n1COC3)O2. The minimum atomic E-state index is 0.700. The summed E-state index contributed by atoms with van der Waals surface area (Å²) in [6.07, 6.45) is 1.98. The zero-order valence-electron chi connectivity index (χ0n) is 4.76. The molecule has 0 saturated carbocycles. The van der Waals surface area contributed by atoms with Gasteiger partial charge < -0.3 is 14.0 Å². The first kappa shape index (κ1) is 3.95. The van der Waals surface area contributed by atoms with Crippen LogP contribution in [0.25, 0.3) is 0 Å². The molecule has 3 rings (SSSR count). The molecule has 0 aromatic carbocycles. The number of fused-ring (bicyclic) bond motifs is 3.